The number of rotatable bonds is 17. The fourth-order valence-electron chi connectivity index (χ4n) is 5.50. The standard InChI is InChI=1S/C26H40N4O6S/c1-30-11-9-22(32)26(30)16-18(26)4-2-6-23(33)27-10-13-36-15-14-35-12-3-5-19(31)7-8-21-24-20(17-37-21)28-25(34)29-24/h16,20-21,24H,2-15,17H2,1H3,(H,27,33)(H2,28,29,34). The molecule has 0 radical (unpaired) electrons. The molecule has 3 saturated heterocycles. The highest BCUT2D eigenvalue weighted by molar-refractivity contribution is 8.00. The van der Waals surface area contributed by atoms with Gasteiger partial charge in [-0.2, -0.15) is 11.8 Å². The Morgan fingerprint density at radius 1 is 1.11 bits per heavy atom. The molecule has 3 fully saturated rings. The fourth-order valence-corrected chi connectivity index (χ4v) is 6.99. The average Bonchev–Trinajstić information content (AvgIpc) is 3.16. The number of likely N-dealkylation sites (N-methyl/N-ethyl adjacent to an activating group) is 1. The Bertz CT molecular complexity index is 898. The SMILES string of the molecule is CN1CCC(=O)C12C=C2CCCC(=O)NCCOCCOCCCC(=O)CCC1SCC2NC(=O)NC21. The van der Waals surface area contributed by atoms with Crippen molar-refractivity contribution in [3.63, 3.8) is 0 Å². The molecule has 1 aliphatic carbocycles. The van der Waals surface area contributed by atoms with Crippen molar-refractivity contribution in [2.45, 2.75) is 74.2 Å². The first-order valence-corrected chi connectivity index (χ1v) is 14.5. The number of thioether (sulfide) groups is 1. The molecule has 0 aromatic carbocycles. The maximum absolute atomic E-state index is 12.2. The molecule has 3 N–H and O–H groups in total. The lowest BCUT2D eigenvalue weighted by Gasteiger charge is -2.19. The van der Waals surface area contributed by atoms with Crippen LogP contribution in [-0.4, -0.2) is 104 Å². The Morgan fingerprint density at radius 3 is 2.70 bits per heavy atom. The number of fused-ring (bicyclic) bond motifs is 1. The van der Waals surface area contributed by atoms with Gasteiger partial charge in [0.05, 0.1) is 31.9 Å². The van der Waals surface area contributed by atoms with E-state index in [0.29, 0.717) is 70.3 Å². The summed E-state index contributed by atoms with van der Waals surface area (Å²) in [4.78, 5) is 49.8. The van der Waals surface area contributed by atoms with Gasteiger partial charge in [0.1, 0.15) is 11.3 Å². The fraction of sp³-hybridized carbons (Fsp3) is 0.769. The van der Waals surface area contributed by atoms with Crippen molar-refractivity contribution < 1.29 is 28.7 Å². The summed E-state index contributed by atoms with van der Waals surface area (Å²) in [5, 5.41) is 9.04. The number of nitrogens with one attached hydrogen (secondary N) is 3. The molecule has 10 nitrogen and oxygen atoms in total. The van der Waals surface area contributed by atoms with E-state index in [1.807, 2.05) is 18.8 Å². The van der Waals surface area contributed by atoms with Crippen LogP contribution in [0.2, 0.25) is 0 Å². The lowest BCUT2D eigenvalue weighted by molar-refractivity contribution is -0.121. The number of amides is 3. The van der Waals surface area contributed by atoms with E-state index in [2.05, 4.69) is 26.9 Å². The molecule has 0 aromatic heterocycles. The second-order valence-corrected chi connectivity index (χ2v) is 11.5. The topological polar surface area (TPSA) is 126 Å². The van der Waals surface area contributed by atoms with E-state index in [-0.39, 0.29) is 35.6 Å². The van der Waals surface area contributed by atoms with E-state index in [1.165, 1.54) is 0 Å². The molecule has 4 unspecified atom stereocenters. The minimum absolute atomic E-state index is 0.00178. The third kappa shape index (κ3) is 7.34. The molecule has 4 aliphatic rings. The summed E-state index contributed by atoms with van der Waals surface area (Å²) in [6.07, 6.45) is 7.19. The number of carbonyl (C=O) groups excluding carboxylic acids is 4. The molecule has 0 aromatic rings. The van der Waals surface area contributed by atoms with Crippen molar-refractivity contribution in [2.24, 2.45) is 0 Å². The summed E-state index contributed by atoms with van der Waals surface area (Å²) in [7, 11) is 1.98. The smallest absolute Gasteiger partial charge is 0.315 e. The number of ether oxygens (including phenoxy) is 2. The number of Topliss-reactive ketones (excluding diaryl/α,β-unsaturated/α-hetero) is 2. The largest absolute Gasteiger partial charge is 0.379 e. The lowest BCUT2D eigenvalue weighted by atomic mass is 10.0. The number of likely N-dealkylation sites (tertiary alicyclic amines) is 1. The zero-order valence-corrected chi connectivity index (χ0v) is 22.5. The molecule has 3 heterocycles. The highest BCUT2D eigenvalue weighted by Crippen LogP contribution is 2.47. The minimum Gasteiger partial charge on any atom is -0.379 e. The van der Waals surface area contributed by atoms with Crippen LogP contribution in [0.1, 0.15) is 51.4 Å². The van der Waals surface area contributed by atoms with E-state index >= 15 is 0 Å². The van der Waals surface area contributed by atoms with Gasteiger partial charge in [0.2, 0.25) is 5.91 Å². The Hall–Kier alpha value is -1.95. The summed E-state index contributed by atoms with van der Waals surface area (Å²) in [6, 6.07) is 0.244. The summed E-state index contributed by atoms with van der Waals surface area (Å²) < 4.78 is 11.0. The molecule has 0 bridgehead atoms. The molecule has 4 rings (SSSR count). The van der Waals surface area contributed by atoms with Crippen LogP contribution in [0.4, 0.5) is 4.79 Å². The second kappa shape index (κ2) is 13.2. The van der Waals surface area contributed by atoms with E-state index in [1.54, 1.807) is 0 Å². The Balaban J connectivity index is 0.904. The quantitative estimate of drug-likeness (QED) is 0.144. The molecule has 3 aliphatic heterocycles. The zero-order valence-electron chi connectivity index (χ0n) is 21.7. The summed E-state index contributed by atoms with van der Waals surface area (Å²) in [5.41, 5.74) is 0.756. The van der Waals surface area contributed by atoms with Gasteiger partial charge in [-0.05, 0) is 38.3 Å². The van der Waals surface area contributed by atoms with Gasteiger partial charge in [0.15, 0.2) is 5.78 Å². The van der Waals surface area contributed by atoms with Gasteiger partial charge in [0.25, 0.3) is 0 Å². The monoisotopic (exact) mass is 536 g/mol. The van der Waals surface area contributed by atoms with Crippen LogP contribution in [0.5, 0.6) is 0 Å². The van der Waals surface area contributed by atoms with Crippen molar-refractivity contribution in [1.82, 2.24) is 20.9 Å². The van der Waals surface area contributed by atoms with Crippen molar-refractivity contribution in [3.8, 4) is 0 Å². The normalized spacial score (nSPS) is 28.2. The first-order valence-electron chi connectivity index (χ1n) is 13.5. The Labute approximate surface area is 223 Å². The first-order chi connectivity index (χ1) is 17.9. The first kappa shape index (κ1) is 28.1. The van der Waals surface area contributed by atoms with Gasteiger partial charge in [-0.1, -0.05) is 6.08 Å². The van der Waals surface area contributed by atoms with E-state index in [9.17, 15) is 19.2 Å². The lowest BCUT2D eigenvalue weighted by Crippen LogP contribution is -2.37. The summed E-state index contributed by atoms with van der Waals surface area (Å²) in [6.45, 7) is 3.13. The van der Waals surface area contributed by atoms with Crippen LogP contribution < -0.4 is 16.0 Å². The molecule has 37 heavy (non-hydrogen) atoms. The van der Waals surface area contributed by atoms with Crippen molar-refractivity contribution in [1.29, 1.82) is 0 Å². The summed E-state index contributed by atoms with van der Waals surface area (Å²) in [5.74, 6) is 1.44. The maximum Gasteiger partial charge on any atom is 0.315 e. The molecular formula is C26H40N4O6S. The summed E-state index contributed by atoms with van der Waals surface area (Å²) >= 11 is 1.83. The predicted octanol–water partition coefficient (Wildman–Crippen LogP) is 1.18. The van der Waals surface area contributed by atoms with Gasteiger partial charge in [0, 0.05) is 56.4 Å². The van der Waals surface area contributed by atoms with Gasteiger partial charge in [-0.25, -0.2) is 4.79 Å². The molecule has 0 saturated carbocycles. The van der Waals surface area contributed by atoms with Gasteiger partial charge in [-0.15, -0.1) is 0 Å². The molecule has 3 amide bonds. The number of urea groups is 1. The molecule has 4 atom stereocenters. The van der Waals surface area contributed by atoms with Crippen LogP contribution in [0, 0.1) is 0 Å². The third-order valence-corrected chi connectivity index (χ3v) is 9.18. The van der Waals surface area contributed by atoms with Gasteiger partial charge >= 0.3 is 6.03 Å². The predicted molar refractivity (Wildman–Crippen MR) is 141 cm³/mol. The average molecular weight is 537 g/mol. The minimum atomic E-state index is -0.408. The van der Waals surface area contributed by atoms with Crippen LogP contribution in [-0.2, 0) is 23.9 Å². The van der Waals surface area contributed by atoms with Crippen LogP contribution in [0.25, 0.3) is 0 Å². The number of carbonyl (C=O) groups is 4. The third-order valence-electron chi connectivity index (χ3n) is 7.67. The zero-order chi connectivity index (χ0) is 26.3. The second-order valence-electron chi connectivity index (χ2n) is 10.3. The highest BCUT2D eigenvalue weighted by Gasteiger charge is 2.55. The van der Waals surface area contributed by atoms with Gasteiger partial charge < -0.3 is 25.4 Å². The van der Waals surface area contributed by atoms with Crippen LogP contribution in [0.15, 0.2) is 11.6 Å². The Kier molecular flexibility index (Phi) is 10.0. The van der Waals surface area contributed by atoms with Crippen molar-refractivity contribution >= 4 is 35.3 Å². The Morgan fingerprint density at radius 2 is 1.92 bits per heavy atom. The highest BCUT2D eigenvalue weighted by atomic mass is 32.2. The number of hydrogen-bond acceptors (Lipinski definition) is 8. The van der Waals surface area contributed by atoms with Crippen molar-refractivity contribution in [2.75, 3.05) is 52.3 Å². The molecular weight excluding hydrogens is 496 g/mol. The number of nitrogens with zero attached hydrogens (tertiary/aromatic N) is 1. The van der Waals surface area contributed by atoms with E-state index in [4.69, 9.17) is 9.47 Å². The van der Waals surface area contributed by atoms with Crippen LogP contribution >= 0.6 is 11.8 Å². The van der Waals surface area contributed by atoms with Crippen LogP contribution in [0.3, 0.4) is 0 Å². The number of ketones is 2. The molecule has 11 heteroatoms. The maximum atomic E-state index is 12.2. The number of hydrogen-bond donors (Lipinski definition) is 3. The molecule has 1 spiro atoms. The molecule has 206 valence electrons. The van der Waals surface area contributed by atoms with Crippen molar-refractivity contribution in [3.05, 3.63) is 11.6 Å². The van der Waals surface area contributed by atoms with Gasteiger partial charge in [-0.3, -0.25) is 19.3 Å². The van der Waals surface area contributed by atoms with E-state index < -0.39 is 5.54 Å². The van der Waals surface area contributed by atoms with E-state index in [0.717, 1.165) is 37.1 Å².